The third kappa shape index (κ3) is 3.05. The monoisotopic (exact) mass is 304 g/mol. The summed E-state index contributed by atoms with van der Waals surface area (Å²) in [5.74, 6) is -0.862. The fourth-order valence-corrected chi connectivity index (χ4v) is 4.69. The lowest BCUT2D eigenvalue weighted by molar-refractivity contribution is -0.144. The largest absolute Gasteiger partial charge is 0.480 e. The predicted molar refractivity (Wildman–Crippen MR) is 72.2 cm³/mol. The van der Waals surface area contributed by atoms with Gasteiger partial charge in [-0.2, -0.15) is 0 Å². The van der Waals surface area contributed by atoms with Gasteiger partial charge in [-0.3, -0.25) is 0 Å². The molecule has 0 spiro atoms. The summed E-state index contributed by atoms with van der Waals surface area (Å²) in [7, 11) is -3.10. The van der Waals surface area contributed by atoms with Crippen LogP contribution in [0, 0.1) is 0 Å². The van der Waals surface area contributed by atoms with Crippen molar-refractivity contribution in [2.24, 2.45) is 0 Å². The van der Waals surface area contributed by atoms with E-state index >= 15 is 0 Å². The van der Waals surface area contributed by atoms with E-state index in [1.165, 1.54) is 0 Å². The fraction of sp³-hybridized carbons (Fsp3) is 0.833. The van der Waals surface area contributed by atoms with Gasteiger partial charge in [0.1, 0.15) is 5.54 Å². The molecule has 8 heteroatoms. The number of carbonyl (C=O) groups is 2. The van der Waals surface area contributed by atoms with Crippen molar-refractivity contribution in [2.45, 2.75) is 49.3 Å². The molecule has 0 aromatic carbocycles. The zero-order valence-electron chi connectivity index (χ0n) is 11.2. The first-order valence-corrected chi connectivity index (χ1v) is 8.58. The SMILES string of the molecule is O=C(NCC1CCCS1(=O)=O)NC1(C(=O)O)CCCC1. The fourth-order valence-electron chi connectivity index (χ4n) is 2.93. The maximum Gasteiger partial charge on any atom is 0.329 e. The Morgan fingerprint density at radius 1 is 1.20 bits per heavy atom. The number of hydrogen-bond acceptors (Lipinski definition) is 4. The van der Waals surface area contributed by atoms with Crippen LogP contribution in [0.4, 0.5) is 4.79 Å². The molecule has 2 aliphatic rings. The predicted octanol–water partition coefficient (Wildman–Crippen LogP) is 0.260. The summed E-state index contributed by atoms with van der Waals surface area (Å²) in [6.45, 7) is 0.0455. The number of aliphatic carboxylic acids is 1. The summed E-state index contributed by atoms with van der Waals surface area (Å²) in [6, 6.07) is -0.601. The first-order valence-electron chi connectivity index (χ1n) is 6.87. The Morgan fingerprint density at radius 2 is 1.85 bits per heavy atom. The molecule has 1 aliphatic heterocycles. The van der Waals surface area contributed by atoms with Crippen molar-refractivity contribution in [2.75, 3.05) is 12.3 Å². The molecule has 114 valence electrons. The molecule has 2 fully saturated rings. The van der Waals surface area contributed by atoms with E-state index in [1.807, 2.05) is 0 Å². The molecule has 0 aromatic rings. The van der Waals surface area contributed by atoms with Crippen molar-refractivity contribution in [1.82, 2.24) is 10.6 Å². The van der Waals surface area contributed by atoms with Gasteiger partial charge >= 0.3 is 12.0 Å². The number of urea groups is 1. The molecule has 0 radical (unpaired) electrons. The lowest BCUT2D eigenvalue weighted by Gasteiger charge is -2.25. The molecule has 1 saturated heterocycles. The Labute approximate surface area is 118 Å². The highest BCUT2D eigenvalue weighted by Crippen LogP contribution is 2.29. The van der Waals surface area contributed by atoms with Gasteiger partial charge in [-0.05, 0) is 25.7 Å². The molecular weight excluding hydrogens is 284 g/mol. The maximum absolute atomic E-state index is 11.8. The third-order valence-electron chi connectivity index (χ3n) is 4.17. The van der Waals surface area contributed by atoms with E-state index in [0.29, 0.717) is 25.7 Å². The van der Waals surface area contributed by atoms with Crippen LogP contribution in [-0.4, -0.2) is 48.6 Å². The van der Waals surface area contributed by atoms with Crippen LogP contribution in [0.2, 0.25) is 0 Å². The van der Waals surface area contributed by atoms with Crippen LogP contribution in [0.3, 0.4) is 0 Å². The summed E-state index contributed by atoms with van der Waals surface area (Å²) in [6.07, 6.45) is 3.53. The van der Waals surface area contributed by atoms with Crippen molar-refractivity contribution in [3.05, 3.63) is 0 Å². The third-order valence-corrected chi connectivity index (χ3v) is 6.45. The molecule has 20 heavy (non-hydrogen) atoms. The topological polar surface area (TPSA) is 113 Å². The zero-order valence-corrected chi connectivity index (χ0v) is 12.0. The van der Waals surface area contributed by atoms with E-state index in [2.05, 4.69) is 10.6 Å². The van der Waals surface area contributed by atoms with Crippen molar-refractivity contribution < 1.29 is 23.1 Å². The minimum atomic E-state index is -3.10. The maximum atomic E-state index is 11.8. The number of rotatable bonds is 4. The standard InChI is InChI=1S/C12H20N2O5S/c15-10(16)12(5-1-2-6-12)14-11(17)13-8-9-4-3-7-20(9,18)19/h9H,1-8H2,(H,15,16)(H2,13,14,17). The molecule has 1 aliphatic carbocycles. The van der Waals surface area contributed by atoms with Crippen LogP contribution in [0.15, 0.2) is 0 Å². The Morgan fingerprint density at radius 3 is 2.35 bits per heavy atom. The highest BCUT2D eigenvalue weighted by atomic mass is 32.2. The van der Waals surface area contributed by atoms with Crippen LogP contribution in [0.5, 0.6) is 0 Å². The number of carboxylic acids is 1. The van der Waals surface area contributed by atoms with Crippen molar-refractivity contribution in [3.8, 4) is 0 Å². The van der Waals surface area contributed by atoms with Gasteiger partial charge in [0.25, 0.3) is 0 Å². The molecular formula is C12H20N2O5S. The van der Waals surface area contributed by atoms with Gasteiger partial charge in [-0.25, -0.2) is 18.0 Å². The first kappa shape index (κ1) is 15.1. The van der Waals surface area contributed by atoms with Crippen LogP contribution in [0.25, 0.3) is 0 Å². The molecule has 3 N–H and O–H groups in total. The van der Waals surface area contributed by atoms with Gasteiger partial charge in [0.05, 0.1) is 11.0 Å². The van der Waals surface area contributed by atoms with E-state index in [-0.39, 0.29) is 12.3 Å². The first-order chi connectivity index (χ1) is 9.36. The Bertz CT molecular complexity index is 496. The molecule has 1 unspecified atom stereocenters. The van der Waals surface area contributed by atoms with E-state index in [0.717, 1.165) is 12.8 Å². The smallest absolute Gasteiger partial charge is 0.329 e. The molecule has 1 atom stereocenters. The van der Waals surface area contributed by atoms with Crippen LogP contribution < -0.4 is 10.6 Å². The summed E-state index contributed by atoms with van der Waals surface area (Å²) >= 11 is 0. The van der Waals surface area contributed by atoms with E-state index in [9.17, 15) is 23.1 Å². The number of carboxylic acid groups (broad SMARTS) is 1. The van der Waals surface area contributed by atoms with Gasteiger partial charge in [0.15, 0.2) is 9.84 Å². The quantitative estimate of drug-likeness (QED) is 0.689. The number of sulfone groups is 1. The normalized spacial score (nSPS) is 27.1. The summed E-state index contributed by atoms with van der Waals surface area (Å²) < 4.78 is 23.2. The number of carbonyl (C=O) groups excluding carboxylic acids is 1. The molecule has 7 nitrogen and oxygen atoms in total. The van der Waals surface area contributed by atoms with Crippen LogP contribution in [0.1, 0.15) is 38.5 Å². The molecule has 2 amide bonds. The summed E-state index contributed by atoms with van der Waals surface area (Å²) in [4.78, 5) is 23.1. The highest BCUT2D eigenvalue weighted by Gasteiger charge is 2.42. The van der Waals surface area contributed by atoms with Gasteiger partial charge in [0, 0.05) is 6.54 Å². The highest BCUT2D eigenvalue weighted by molar-refractivity contribution is 7.92. The molecule has 1 heterocycles. The second kappa shape index (κ2) is 5.59. The van der Waals surface area contributed by atoms with Crippen molar-refractivity contribution >= 4 is 21.8 Å². The van der Waals surface area contributed by atoms with E-state index in [4.69, 9.17) is 0 Å². The number of hydrogen-bond donors (Lipinski definition) is 3. The molecule has 0 bridgehead atoms. The Balaban J connectivity index is 1.88. The van der Waals surface area contributed by atoms with Crippen molar-refractivity contribution in [3.63, 3.8) is 0 Å². The average molecular weight is 304 g/mol. The molecule has 2 rings (SSSR count). The minimum absolute atomic E-state index is 0.0455. The number of nitrogens with one attached hydrogen (secondary N) is 2. The Kier molecular flexibility index (Phi) is 4.22. The van der Waals surface area contributed by atoms with E-state index < -0.39 is 32.6 Å². The van der Waals surface area contributed by atoms with Crippen LogP contribution >= 0.6 is 0 Å². The number of amides is 2. The molecule has 0 aromatic heterocycles. The second-order valence-corrected chi connectivity index (χ2v) is 7.96. The second-order valence-electron chi connectivity index (χ2n) is 5.56. The summed E-state index contributed by atoms with van der Waals surface area (Å²) in [5, 5.41) is 13.7. The van der Waals surface area contributed by atoms with Gasteiger partial charge in [-0.15, -0.1) is 0 Å². The summed E-state index contributed by atoms with van der Waals surface area (Å²) in [5.41, 5.74) is -1.20. The lowest BCUT2D eigenvalue weighted by Crippen LogP contribution is -2.56. The van der Waals surface area contributed by atoms with Crippen LogP contribution in [-0.2, 0) is 14.6 Å². The molecule has 1 saturated carbocycles. The van der Waals surface area contributed by atoms with Gasteiger partial charge in [0.2, 0.25) is 0 Å². The van der Waals surface area contributed by atoms with Crippen molar-refractivity contribution in [1.29, 1.82) is 0 Å². The van der Waals surface area contributed by atoms with E-state index in [1.54, 1.807) is 0 Å². The van der Waals surface area contributed by atoms with Gasteiger partial charge < -0.3 is 15.7 Å². The van der Waals surface area contributed by atoms with Gasteiger partial charge in [-0.1, -0.05) is 12.8 Å². The zero-order chi connectivity index (χ0) is 14.8. The minimum Gasteiger partial charge on any atom is -0.480 e. The average Bonchev–Trinajstić information content (AvgIpc) is 2.94. The lowest BCUT2D eigenvalue weighted by atomic mass is 9.98. The Hall–Kier alpha value is -1.31.